The Morgan fingerprint density at radius 3 is 2.56 bits per heavy atom. The molecule has 0 unspecified atom stereocenters. The first-order chi connectivity index (χ1) is 12.1. The maximum Gasteiger partial charge on any atom is 0.235 e. The molecule has 5 rings (SSSR count). The first-order valence-electron chi connectivity index (χ1n) is 8.77. The Kier molecular flexibility index (Phi) is 3.02. The van der Waals surface area contributed by atoms with E-state index in [1.807, 2.05) is 31.2 Å². The Bertz CT molecular complexity index is 906. The van der Waals surface area contributed by atoms with Crippen molar-refractivity contribution < 1.29 is 9.59 Å². The highest BCUT2D eigenvalue weighted by atomic mass is 16.2. The highest BCUT2D eigenvalue weighted by molar-refractivity contribution is 6.06. The number of fused-ring (bicyclic) bond motifs is 6. The van der Waals surface area contributed by atoms with Gasteiger partial charge in [0.1, 0.15) is 0 Å². The number of carbonyl (C=O) groups is 2. The standard InChI is InChI=1S/C20H19N3O2/c1-11-7-8-21-18-14(11)3-2-4-15(18)22-10-23-19(24)16-12-5-6-13(9-12)17(16)20(23)25/h2-8,12-13,16-17,22H,9-10H2,1H3/t12-,13+,16+,17-. The van der Waals surface area contributed by atoms with Crippen molar-refractivity contribution in [3.05, 3.63) is 48.2 Å². The predicted octanol–water partition coefficient (Wildman–Crippen LogP) is 2.72. The van der Waals surface area contributed by atoms with Crippen LogP contribution < -0.4 is 5.32 Å². The molecule has 3 aliphatic rings. The predicted molar refractivity (Wildman–Crippen MR) is 94.5 cm³/mol. The lowest BCUT2D eigenvalue weighted by Crippen LogP contribution is -2.37. The summed E-state index contributed by atoms with van der Waals surface area (Å²) in [5.41, 5.74) is 2.86. The SMILES string of the molecule is Cc1ccnc2c(NCN3C(=O)[C@@H]4[C@H](C3=O)[C@H]3C=C[C@@H]4C3)cccc12. The molecule has 126 valence electrons. The van der Waals surface area contributed by atoms with Crippen LogP contribution in [0.25, 0.3) is 10.9 Å². The van der Waals surface area contributed by atoms with Crippen molar-refractivity contribution in [2.24, 2.45) is 23.7 Å². The van der Waals surface area contributed by atoms with Gasteiger partial charge < -0.3 is 5.32 Å². The molecule has 2 amide bonds. The largest absolute Gasteiger partial charge is 0.365 e. The Labute approximate surface area is 145 Å². The van der Waals surface area contributed by atoms with Gasteiger partial charge in [0.05, 0.1) is 29.7 Å². The number of imide groups is 1. The molecule has 1 N–H and O–H groups in total. The van der Waals surface area contributed by atoms with Crippen LogP contribution in [0.2, 0.25) is 0 Å². The number of allylic oxidation sites excluding steroid dienone is 2. The van der Waals surface area contributed by atoms with E-state index in [2.05, 4.69) is 22.5 Å². The number of amides is 2. The molecule has 1 aromatic carbocycles. The molecular formula is C20H19N3O2. The van der Waals surface area contributed by atoms with E-state index in [-0.39, 0.29) is 42.2 Å². The fourth-order valence-corrected chi connectivity index (χ4v) is 4.74. The van der Waals surface area contributed by atoms with E-state index in [1.165, 1.54) is 4.90 Å². The van der Waals surface area contributed by atoms with E-state index in [0.29, 0.717) is 0 Å². The molecule has 5 heteroatoms. The lowest BCUT2D eigenvalue weighted by Gasteiger charge is -2.19. The molecule has 2 aliphatic carbocycles. The molecule has 2 aromatic rings. The third-order valence-electron chi connectivity index (χ3n) is 5.98. The van der Waals surface area contributed by atoms with Crippen LogP contribution in [0.1, 0.15) is 12.0 Å². The van der Waals surface area contributed by atoms with E-state index in [4.69, 9.17) is 0 Å². The highest BCUT2D eigenvalue weighted by Gasteiger charge is 2.59. The van der Waals surface area contributed by atoms with Crippen molar-refractivity contribution in [3.8, 4) is 0 Å². The van der Waals surface area contributed by atoms with Crippen LogP contribution in [-0.4, -0.2) is 28.4 Å². The fourth-order valence-electron chi connectivity index (χ4n) is 4.74. The van der Waals surface area contributed by atoms with Gasteiger partial charge in [0.25, 0.3) is 0 Å². The minimum atomic E-state index is -0.141. The molecule has 25 heavy (non-hydrogen) atoms. The van der Waals surface area contributed by atoms with Crippen LogP contribution in [0.5, 0.6) is 0 Å². The van der Waals surface area contributed by atoms with Crippen LogP contribution in [-0.2, 0) is 9.59 Å². The molecule has 1 aliphatic heterocycles. The zero-order valence-electron chi connectivity index (χ0n) is 14.0. The molecule has 5 nitrogen and oxygen atoms in total. The van der Waals surface area contributed by atoms with E-state index in [9.17, 15) is 9.59 Å². The Morgan fingerprint density at radius 1 is 1.12 bits per heavy atom. The van der Waals surface area contributed by atoms with E-state index < -0.39 is 0 Å². The van der Waals surface area contributed by atoms with Gasteiger partial charge in [0.15, 0.2) is 0 Å². The second-order valence-corrected chi connectivity index (χ2v) is 7.27. The second kappa shape index (κ2) is 5.15. The number of anilines is 1. The number of nitrogens with one attached hydrogen (secondary N) is 1. The first kappa shape index (κ1) is 14.6. The molecular weight excluding hydrogens is 314 g/mol. The summed E-state index contributed by atoms with van der Waals surface area (Å²) in [5.74, 6) is 0.165. The molecule has 4 atom stereocenters. The van der Waals surface area contributed by atoms with Crippen LogP contribution in [0.4, 0.5) is 5.69 Å². The number of benzene rings is 1. The van der Waals surface area contributed by atoms with Crippen LogP contribution >= 0.6 is 0 Å². The maximum atomic E-state index is 12.7. The summed E-state index contributed by atoms with van der Waals surface area (Å²) < 4.78 is 0. The van der Waals surface area contributed by atoms with E-state index >= 15 is 0 Å². The number of likely N-dealkylation sites (tertiary alicyclic amines) is 1. The second-order valence-electron chi connectivity index (χ2n) is 7.27. The first-order valence-corrected chi connectivity index (χ1v) is 8.77. The molecule has 0 spiro atoms. The topological polar surface area (TPSA) is 62.3 Å². The summed E-state index contributed by atoms with van der Waals surface area (Å²) in [7, 11) is 0. The summed E-state index contributed by atoms with van der Waals surface area (Å²) in [4.78, 5) is 31.3. The van der Waals surface area contributed by atoms with Gasteiger partial charge in [-0.15, -0.1) is 0 Å². The third-order valence-corrected chi connectivity index (χ3v) is 5.98. The maximum absolute atomic E-state index is 12.7. The molecule has 1 aromatic heterocycles. The van der Waals surface area contributed by atoms with Crippen molar-refractivity contribution in [1.82, 2.24) is 9.88 Å². The molecule has 0 radical (unpaired) electrons. The van der Waals surface area contributed by atoms with E-state index in [0.717, 1.165) is 28.6 Å². The number of aryl methyl sites for hydroxylation is 1. The number of pyridine rings is 1. The number of carbonyl (C=O) groups excluding carboxylic acids is 2. The lowest BCUT2D eigenvalue weighted by atomic mass is 9.85. The molecule has 1 saturated heterocycles. The average Bonchev–Trinajstić information content (AvgIpc) is 3.29. The number of para-hydroxylation sites is 1. The number of rotatable bonds is 3. The Hall–Kier alpha value is -2.69. The van der Waals surface area contributed by atoms with Gasteiger partial charge in [-0.05, 0) is 42.9 Å². The van der Waals surface area contributed by atoms with Gasteiger partial charge in [0, 0.05) is 11.6 Å². The molecule has 2 heterocycles. The van der Waals surface area contributed by atoms with Crippen molar-refractivity contribution in [3.63, 3.8) is 0 Å². The Balaban J connectivity index is 1.40. The van der Waals surface area contributed by atoms with Crippen molar-refractivity contribution in [2.75, 3.05) is 12.0 Å². The zero-order chi connectivity index (χ0) is 17.1. The summed E-state index contributed by atoms with van der Waals surface area (Å²) in [6, 6.07) is 7.91. The fraction of sp³-hybridized carbons (Fsp3) is 0.350. The van der Waals surface area contributed by atoms with Crippen LogP contribution in [0, 0.1) is 30.6 Å². The van der Waals surface area contributed by atoms with Gasteiger partial charge in [-0.25, -0.2) is 0 Å². The van der Waals surface area contributed by atoms with Crippen LogP contribution in [0.15, 0.2) is 42.6 Å². The average molecular weight is 333 g/mol. The van der Waals surface area contributed by atoms with Gasteiger partial charge in [-0.2, -0.15) is 0 Å². The van der Waals surface area contributed by atoms with Crippen molar-refractivity contribution in [1.29, 1.82) is 0 Å². The lowest BCUT2D eigenvalue weighted by molar-refractivity contribution is -0.140. The van der Waals surface area contributed by atoms with Gasteiger partial charge in [0.2, 0.25) is 11.8 Å². The third kappa shape index (κ3) is 1.98. The number of hydrogen-bond donors (Lipinski definition) is 1. The molecule has 2 bridgehead atoms. The summed E-state index contributed by atoms with van der Waals surface area (Å²) >= 11 is 0. The number of aromatic nitrogens is 1. The Morgan fingerprint density at radius 2 is 1.84 bits per heavy atom. The summed E-state index contributed by atoms with van der Waals surface area (Å²) in [6.07, 6.45) is 6.97. The molecule has 2 fully saturated rings. The van der Waals surface area contributed by atoms with Crippen molar-refractivity contribution >= 4 is 28.4 Å². The minimum absolute atomic E-state index is 0.0243. The summed E-state index contributed by atoms with van der Waals surface area (Å²) in [5, 5.41) is 4.33. The normalized spacial score (nSPS) is 29.7. The van der Waals surface area contributed by atoms with Crippen LogP contribution in [0.3, 0.4) is 0 Å². The zero-order valence-corrected chi connectivity index (χ0v) is 14.0. The summed E-state index contributed by atoms with van der Waals surface area (Å²) in [6.45, 7) is 2.25. The van der Waals surface area contributed by atoms with Gasteiger partial charge in [-0.3, -0.25) is 19.5 Å². The quantitative estimate of drug-likeness (QED) is 0.693. The number of nitrogens with zero attached hydrogens (tertiary/aromatic N) is 2. The van der Waals surface area contributed by atoms with Gasteiger partial charge in [-0.1, -0.05) is 24.3 Å². The molecule has 1 saturated carbocycles. The van der Waals surface area contributed by atoms with Gasteiger partial charge >= 0.3 is 0 Å². The monoisotopic (exact) mass is 333 g/mol. The van der Waals surface area contributed by atoms with E-state index in [1.54, 1.807) is 6.20 Å². The highest BCUT2D eigenvalue weighted by Crippen LogP contribution is 2.52. The minimum Gasteiger partial charge on any atom is -0.365 e. The van der Waals surface area contributed by atoms with Crippen molar-refractivity contribution in [2.45, 2.75) is 13.3 Å². The number of hydrogen-bond acceptors (Lipinski definition) is 4. The smallest absolute Gasteiger partial charge is 0.235 e.